The molecule has 3 rings (SSSR count). The highest BCUT2D eigenvalue weighted by molar-refractivity contribution is 5.98. The minimum absolute atomic E-state index is 0.0465. The quantitative estimate of drug-likeness (QED) is 0.0581. The van der Waals surface area contributed by atoms with Crippen LogP contribution in [0.4, 0.5) is 11.6 Å². The Balaban J connectivity index is 0.00000495. The van der Waals surface area contributed by atoms with E-state index in [4.69, 9.17) is 19.9 Å². The Hall–Kier alpha value is -4.60. The third-order valence-electron chi connectivity index (χ3n) is 8.11. The van der Waals surface area contributed by atoms with Gasteiger partial charge in [0, 0.05) is 56.6 Å². The largest absolute Gasteiger partial charge is 0.481 e. The maximum absolute atomic E-state index is 12.9. The number of fused-ring (bicyclic) bond motifs is 1. The van der Waals surface area contributed by atoms with Gasteiger partial charge in [0.05, 0.1) is 50.8 Å². The summed E-state index contributed by atoms with van der Waals surface area (Å²) in [4.78, 5) is 75.8. The van der Waals surface area contributed by atoms with Crippen molar-refractivity contribution in [2.45, 2.75) is 99.0 Å². The summed E-state index contributed by atoms with van der Waals surface area (Å²) in [6, 6.07) is 6.56. The molecule has 0 bridgehead atoms. The number of nitrogens with one attached hydrogen (secondary N) is 2. The van der Waals surface area contributed by atoms with Gasteiger partial charge in [-0.25, -0.2) is 9.97 Å². The average Bonchev–Trinajstić information content (AvgIpc) is 3.14. The molecule has 5 N–H and O–H groups in total. The van der Waals surface area contributed by atoms with Gasteiger partial charge in [-0.05, 0) is 55.4 Å². The molecule has 15 nitrogen and oxygen atoms in total. The number of ether oxygens (including phenoxy) is 3. The van der Waals surface area contributed by atoms with Gasteiger partial charge in [0.1, 0.15) is 11.6 Å². The van der Waals surface area contributed by atoms with Gasteiger partial charge < -0.3 is 30.4 Å². The molecule has 3 aromatic rings. The number of aromatic amines is 1. The molecule has 2 heterocycles. The Morgan fingerprint density at radius 1 is 0.852 bits per heavy atom. The molecule has 0 aliphatic carbocycles. The van der Waals surface area contributed by atoms with Crippen molar-refractivity contribution in [3.05, 3.63) is 52.1 Å². The number of Topliss-reactive ketones (excluding diaryl/α,β-unsaturated/α-hetero) is 3. The van der Waals surface area contributed by atoms with E-state index >= 15 is 0 Å². The fraction of sp³-hybridized carbons (Fsp3) is 0.590. The SMILES string of the molecule is CC.CC(C)(C)CCC(=O)CCCOCCOCCOCCCC(=O)CC[C@H](CC(=O)c1ccc(NCc2cnc3nc(N)[nH]c(=O)c3n2)cc1)C(=O)O. The summed E-state index contributed by atoms with van der Waals surface area (Å²) in [7, 11) is 0. The molecule has 0 aliphatic heterocycles. The number of ketones is 3. The topological polar surface area (TPSA) is 226 Å². The van der Waals surface area contributed by atoms with E-state index in [2.05, 4.69) is 46.0 Å². The van der Waals surface area contributed by atoms with Crippen molar-refractivity contribution in [1.29, 1.82) is 0 Å². The molecule has 1 aromatic carbocycles. The van der Waals surface area contributed by atoms with Crippen molar-refractivity contribution in [2.24, 2.45) is 11.3 Å². The van der Waals surface area contributed by atoms with Crippen LogP contribution in [0.15, 0.2) is 35.3 Å². The summed E-state index contributed by atoms with van der Waals surface area (Å²) in [6.07, 6.45) is 4.91. The number of carboxylic acids is 1. The standard InChI is InChI=1S/C37H52N6O9.C2H6/c1-37(2,3)15-14-30(45)7-5-17-51-19-21-52-20-18-50-16-4-6-29(44)13-10-26(35(48)49)22-31(46)25-8-11-27(12-9-25)39-23-28-24-40-33-32(41-28)34(47)43-36(38)42-33;1-2/h8-9,11-12,24,26,39H,4-7,10,13-23H2,1-3H3,(H,48,49)(H3,38,40,42,43,47);1-2H3/t26-;/m1./s1. The normalized spacial score (nSPS) is 11.8. The first-order valence-electron chi connectivity index (χ1n) is 18.7. The number of aromatic nitrogens is 4. The predicted molar refractivity (Wildman–Crippen MR) is 206 cm³/mol. The Kier molecular flexibility index (Phi) is 20.8. The van der Waals surface area contributed by atoms with Crippen LogP contribution in [0.1, 0.15) is 108 Å². The van der Waals surface area contributed by atoms with Crippen LogP contribution in [0.2, 0.25) is 0 Å². The maximum atomic E-state index is 12.9. The van der Waals surface area contributed by atoms with Crippen molar-refractivity contribution >= 4 is 46.1 Å². The van der Waals surface area contributed by atoms with Crippen LogP contribution in [0, 0.1) is 11.3 Å². The zero-order valence-electron chi connectivity index (χ0n) is 32.4. The van der Waals surface area contributed by atoms with E-state index in [1.807, 2.05) is 13.8 Å². The average molecular weight is 755 g/mol. The summed E-state index contributed by atoms with van der Waals surface area (Å²) in [5.41, 5.74) is 6.94. The number of carbonyl (C=O) groups is 4. The first kappa shape index (κ1) is 45.6. The number of rotatable bonds is 26. The van der Waals surface area contributed by atoms with Gasteiger partial charge in [0.2, 0.25) is 5.95 Å². The number of carboxylic acid groups (broad SMARTS) is 1. The Morgan fingerprint density at radius 2 is 1.43 bits per heavy atom. The van der Waals surface area contributed by atoms with E-state index < -0.39 is 17.4 Å². The van der Waals surface area contributed by atoms with E-state index in [9.17, 15) is 29.1 Å². The van der Waals surface area contributed by atoms with E-state index in [0.29, 0.717) is 82.3 Å². The lowest BCUT2D eigenvalue weighted by Gasteiger charge is -2.16. The van der Waals surface area contributed by atoms with Crippen LogP contribution >= 0.6 is 0 Å². The number of nitrogens with zero attached hydrogens (tertiary/aromatic N) is 3. The second-order valence-corrected chi connectivity index (χ2v) is 13.8. The van der Waals surface area contributed by atoms with Gasteiger partial charge in [0.25, 0.3) is 5.56 Å². The Bertz CT molecular complexity index is 1670. The van der Waals surface area contributed by atoms with E-state index in [-0.39, 0.29) is 72.1 Å². The molecule has 54 heavy (non-hydrogen) atoms. The summed E-state index contributed by atoms with van der Waals surface area (Å²) in [6.45, 7) is 13.2. The summed E-state index contributed by atoms with van der Waals surface area (Å²) in [5.74, 6) is -2.29. The van der Waals surface area contributed by atoms with Crippen LogP contribution in [0.5, 0.6) is 0 Å². The lowest BCUT2D eigenvalue weighted by atomic mass is 9.89. The number of hydrogen-bond acceptors (Lipinski definition) is 13. The van der Waals surface area contributed by atoms with Crippen molar-refractivity contribution in [3.8, 4) is 0 Å². The second kappa shape index (κ2) is 24.7. The van der Waals surface area contributed by atoms with Crippen molar-refractivity contribution in [2.75, 3.05) is 50.7 Å². The van der Waals surface area contributed by atoms with E-state index in [1.165, 1.54) is 6.20 Å². The van der Waals surface area contributed by atoms with Gasteiger partial charge in [0.15, 0.2) is 16.9 Å². The molecule has 0 unspecified atom stereocenters. The van der Waals surface area contributed by atoms with Gasteiger partial charge in [-0.15, -0.1) is 0 Å². The monoisotopic (exact) mass is 754 g/mol. The number of nitrogen functional groups attached to an aromatic ring is 1. The van der Waals surface area contributed by atoms with Crippen LogP contribution < -0.4 is 16.6 Å². The molecule has 0 saturated carbocycles. The molecule has 0 amide bonds. The molecule has 0 saturated heterocycles. The minimum Gasteiger partial charge on any atom is -0.481 e. The van der Waals surface area contributed by atoms with E-state index in [1.54, 1.807) is 24.3 Å². The lowest BCUT2D eigenvalue weighted by molar-refractivity contribution is -0.142. The summed E-state index contributed by atoms with van der Waals surface area (Å²) < 4.78 is 16.5. The highest BCUT2D eigenvalue weighted by Gasteiger charge is 2.23. The maximum Gasteiger partial charge on any atom is 0.306 e. The molecule has 0 spiro atoms. The molecule has 0 aliphatic rings. The number of nitrogens with two attached hydrogens (primary N) is 1. The van der Waals surface area contributed by atoms with Gasteiger partial charge in [-0.2, -0.15) is 4.98 Å². The number of benzene rings is 1. The van der Waals surface area contributed by atoms with Crippen LogP contribution in [-0.4, -0.2) is 88.0 Å². The lowest BCUT2D eigenvalue weighted by Crippen LogP contribution is -2.19. The highest BCUT2D eigenvalue weighted by atomic mass is 16.5. The zero-order chi connectivity index (χ0) is 39.9. The molecule has 15 heteroatoms. The molecule has 298 valence electrons. The molecular formula is C39H58N6O9. The number of hydrogen-bond donors (Lipinski definition) is 4. The van der Waals surface area contributed by atoms with Crippen molar-refractivity contribution in [3.63, 3.8) is 0 Å². The van der Waals surface area contributed by atoms with Crippen LogP contribution in [0.25, 0.3) is 11.2 Å². The fourth-order valence-electron chi connectivity index (χ4n) is 5.06. The summed E-state index contributed by atoms with van der Waals surface area (Å²) >= 11 is 0. The molecule has 0 radical (unpaired) electrons. The van der Waals surface area contributed by atoms with E-state index in [0.717, 1.165) is 6.42 Å². The van der Waals surface area contributed by atoms with Gasteiger partial charge >= 0.3 is 5.97 Å². The minimum atomic E-state index is -1.12. The van der Waals surface area contributed by atoms with Crippen LogP contribution in [-0.2, 0) is 35.1 Å². The molecule has 2 aromatic heterocycles. The van der Waals surface area contributed by atoms with Crippen molar-refractivity contribution in [1.82, 2.24) is 19.9 Å². The summed E-state index contributed by atoms with van der Waals surface area (Å²) in [5, 5.41) is 12.8. The van der Waals surface area contributed by atoms with Gasteiger partial charge in [-0.1, -0.05) is 34.6 Å². The van der Waals surface area contributed by atoms with Crippen molar-refractivity contribution < 1.29 is 38.5 Å². The Morgan fingerprint density at radius 3 is 2.00 bits per heavy atom. The zero-order valence-corrected chi connectivity index (χ0v) is 32.4. The first-order valence-corrected chi connectivity index (χ1v) is 18.7. The first-order chi connectivity index (χ1) is 25.8. The molecule has 1 atom stereocenters. The molecule has 0 fully saturated rings. The second-order valence-electron chi connectivity index (χ2n) is 13.8. The predicted octanol–water partition coefficient (Wildman–Crippen LogP) is 5.56. The van der Waals surface area contributed by atoms with Gasteiger partial charge in [-0.3, -0.25) is 29.0 Å². The van der Waals surface area contributed by atoms with Crippen LogP contribution in [0.3, 0.4) is 0 Å². The number of H-pyrrole nitrogens is 1. The third-order valence-corrected chi connectivity index (χ3v) is 8.11. The number of anilines is 2. The number of aliphatic carboxylic acids is 1. The third kappa shape index (κ3) is 18.4. The highest BCUT2D eigenvalue weighted by Crippen LogP contribution is 2.21. The Labute approximate surface area is 317 Å². The fourth-order valence-corrected chi connectivity index (χ4v) is 5.06. The smallest absolute Gasteiger partial charge is 0.306 e. The number of carbonyl (C=O) groups excluding carboxylic acids is 3. The molecular weight excluding hydrogens is 696 g/mol.